The first-order chi connectivity index (χ1) is 14.2. The maximum atomic E-state index is 5.27. The Morgan fingerprint density at radius 1 is 0.931 bits per heavy atom. The quantitative estimate of drug-likeness (QED) is 0.765. The number of hydrogen-bond donors (Lipinski definition) is 0. The third kappa shape index (κ3) is 4.41. The van der Waals surface area contributed by atoms with Crippen molar-refractivity contribution in [2.24, 2.45) is 0 Å². The molecular formula is C23H33N5O. The molecule has 1 aromatic heterocycles. The first kappa shape index (κ1) is 19.8. The van der Waals surface area contributed by atoms with E-state index >= 15 is 0 Å². The van der Waals surface area contributed by atoms with Crippen LogP contribution in [0.4, 0.5) is 17.3 Å². The van der Waals surface area contributed by atoms with Gasteiger partial charge in [0.05, 0.1) is 7.11 Å². The number of hydrogen-bond acceptors (Lipinski definition) is 6. The van der Waals surface area contributed by atoms with Crippen molar-refractivity contribution < 1.29 is 4.74 Å². The van der Waals surface area contributed by atoms with Gasteiger partial charge in [-0.2, -0.15) is 0 Å². The van der Waals surface area contributed by atoms with Gasteiger partial charge in [0.1, 0.15) is 23.2 Å². The summed E-state index contributed by atoms with van der Waals surface area (Å²) in [4.78, 5) is 16.9. The number of piperidine rings is 1. The smallest absolute Gasteiger partial charge is 0.134 e. The van der Waals surface area contributed by atoms with Gasteiger partial charge in [-0.15, -0.1) is 0 Å². The van der Waals surface area contributed by atoms with Crippen LogP contribution in [0.15, 0.2) is 30.3 Å². The number of anilines is 3. The summed E-state index contributed by atoms with van der Waals surface area (Å²) >= 11 is 0. The van der Waals surface area contributed by atoms with E-state index in [4.69, 9.17) is 14.7 Å². The van der Waals surface area contributed by atoms with Crippen molar-refractivity contribution in [1.29, 1.82) is 0 Å². The van der Waals surface area contributed by atoms with E-state index in [-0.39, 0.29) is 0 Å². The normalized spacial score (nSPS) is 20.1. The Morgan fingerprint density at radius 3 is 2.31 bits per heavy atom. The van der Waals surface area contributed by atoms with Gasteiger partial charge in [-0.3, -0.25) is 0 Å². The number of ether oxygens (including phenoxy) is 1. The SMILES string of the molecule is CCC1CCCCN1c1cc(N2CCN(c3ccc(OC)cc3)CC2)nc(C)n1. The molecule has 3 heterocycles. The van der Waals surface area contributed by atoms with E-state index in [1.165, 1.54) is 31.4 Å². The van der Waals surface area contributed by atoms with E-state index in [0.717, 1.165) is 55.9 Å². The molecule has 6 heteroatoms. The highest BCUT2D eigenvalue weighted by Gasteiger charge is 2.25. The average molecular weight is 396 g/mol. The lowest BCUT2D eigenvalue weighted by Crippen LogP contribution is -2.47. The van der Waals surface area contributed by atoms with E-state index in [0.29, 0.717) is 6.04 Å². The molecule has 156 valence electrons. The van der Waals surface area contributed by atoms with Gasteiger partial charge in [-0.05, 0) is 56.9 Å². The predicted octanol–water partition coefficient (Wildman–Crippen LogP) is 3.89. The van der Waals surface area contributed by atoms with Crippen LogP contribution in [-0.4, -0.2) is 55.8 Å². The minimum absolute atomic E-state index is 0.609. The fraction of sp³-hybridized carbons (Fsp3) is 0.565. The van der Waals surface area contributed by atoms with Gasteiger partial charge in [0.25, 0.3) is 0 Å². The zero-order valence-electron chi connectivity index (χ0n) is 18.0. The number of rotatable bonds is 5. The predicted molar refractivity (Wildman–Crippen MR) is 119 cm³/mol. The van der Waals surface area contributed by atoms with Crippen molar-refractivity contribution in [1.82, 2.24) is 9.97 Å². The molecule has 2 aromatic rings. The fourth-order valence-corrected chi connectivity index (χ4v) is 4.56. The van der Waals surface area contributed by atoms with Gasteiger partial charge in [-0.25, -0.2) is 9.97 Å². The number of nitrogens with zero attached hydrogens (tertiary/aromatic N) is 5. The monoisotopic (exact) mass is 395 g/mol. The van der Waals surface area contributed by atoms with Crippen LogP contribution in [0.5, 0.6) is 5.75 Å². The topological polar surface area (TPSA) is 44.7 Å². The molecule has 0 spiro atoms. The molecule has 2 fully saturated rings. The summed E-state index contributed by atoms with van der Waals surface area (Å²) in [6.07, 6.45) is 5.04. The van der Waals surface area contributed by atoms with Crippen LogP contribution in [0, 0.1) is 6.92 Å². The van der Waals surface area contributed by atoms with Crippen LogP contribution >= 0.6 is 0 Å². The Hall–Kier alpha value is -2.50. The molecule has 0 amide bonds. The van der Waals surface area contributed by atoms with Crippen LogP contribution in [0.1, 0.15) is 38.4 Å². The Kier molecular flexibility index (Phi) is 6.07. The summed E-state index contributed by atoms with van der Waals surface area (Å²) in [7, 11) is 1.71. The lowest BCUT2D eigenvalue weighted by molar-refractivity contribution is 0.415. The third-order valence-corrected chi connectivity index (χ3v) is 6.24. The summed E-state index contributed by atoms with van der Waals surface area (Å²) < 4.78 is 5.27. The van der Waals surface area contributed by atoms with Crippen molar-refractivity contribution in [3.8, 4) is 5.75 Å². The van der Waals surface area contributed by atoms with Gasteiger partial charge in [-0.1, -0.05) is 6.92 Å². The van der Waals surface area contributed by atoms with Gasteiger partial charge < -0.3 is 19.4 Å². The summed E-state index contributed by atoms with van der Waals surface area (Å²) in [6, 6.07) is 11.2. The Morgan fingerprint density at radius 2 is 1.62 bits per heavy atom. The molecule has 2 saturated heterocycles. The van der Waals surface area contributed by atoms with E-state index < -0.39 is 0 Å². The first-order valence-corrected chi connectivity index (χ1v) is 10.9. The molecule has 1 aromatic carbocycles. The summed E-state index contributed by atoms with van der Waals surface area (Å²) in [5.74, 6) is 3.95. The third-order valence-electron chi connectivity index (χ3n) is 6.24. The molecule has 2 aliphatic rings. The van der Waals surface area contributed by atoms with Crippen molar-refractivity contribution >= 4 is 17.3 Å². The average Bonchev–Trinajstić information content (AvgIpc) is 2.79. The van der Waals surface area contributed by atoms with E-state index in [1.807, 2.05) is 19.1 Å². The zero-order chi connectivity index (χ0) is 20.2. The fourth-order valence-electron chi connectivity index (χ4n) is 4.56. The molecule has 0 radical (unpaired) electrons. The minimum Gasteiger partial charge on any atom is -0.497 e. The maximum absolute atomic E-state index is 5.27. The highest BCUT2D eigenvalue weighted by atomic mass is 16.5. The number of aromatic nitrogens is 2. The summed E-state index contributed by atoms with van der Waals surface area (Å²) in [5.41, 5.74) is 1.25. The van der Waals surface area contributed by atoms with E-state index in [1.54, 1.807) is 7.11 Å². The van der Waals surface area contributed by atoms with Crippen molar-refractivity contribution in [2.75, 3.05) is 54.5 Å². The molecule has 6 nitrogen and oxygen atoms in total. The maximum Gasteiger partial charge on any atom is 0.134 e. The highest BCUT2D eigenvalue weighted by Crippen LogP contribution is 2.28. The van der Waals surface area contributed by atoms with Crippen LogP contribution in [0.2, 0.25) is 0 Å². The minimum atomic E-state index is 0.609. The second kappa shape index (κ2) is 8.89. The molecule has 0 bridgehead atoms. The zero-order valence-corrected chi connectivity index (χ0v) is 18.0. The summed E-state index contributed by atoms with van der Waals surface area (Å²) in [5, 5.41) is 0. The molecule has 2 aliphatic heterocycles. The first-order valence-electron chi connectivity index (χ1n) is 10.9. The van der Waals surface area contributed by atoms with Gasteiger partial charge in [0, 0.05) is 50.5 Å². The number of benzene rings is 1. The molecule has 1 atom stereocenters. The van der Waals surface area contributed by atoms with Crippen LogP contribution < -0.4 is 19.4 Å². The lowest BCUT2D eigenvalue weighted by atomic mass is 10.00. The standard InChI is InChI=1S/C23H33N5O/c1-4-19-7-5-6-12-28(19)23-17-22(24-18(2)25-23)27-15-13-26(14-16-27)20-8-10-21(29-3)11-9-20/h8-11,17,19H,4-7,12-16H2,1-3H3. The summed E-state index contributed by atoms with van der Waals surface area (Å²) in [6.45, 7) is 9.35. The lowest BCUT2D eigenvalue weighted by Gasteiger charge is -2.38. The molecule has 4 rings (SSSR count). The van der Waals surface area contributed by atoms with Crippen LogP contribution in [0.3, 0.4) is 0 Å². The molecule has 1 unspecified atom stereocenters. The van der Waals surface area contributed by atoms with E-state index in [9.17, 15) is 0 Å². The number of aryl methyl sites for hydroxylation is 1. The van der Waals surface area contributed by atoms with Crippen molar-refractivity contribution in [3.63, 3.8) is 0 Å². The second-order valence-electron chi connectivity index (χ2n) is 8.05. The Labute approximate surface area is 174 Å². The number of piperazine rings is 1. The second-order valence-corrected chi connectivity index (χ2v) is 8.05. The Balaban J connectivity index is 1.46. The van der Waals surface area contributed by atoms with Gasteiger partial charge in [0.2, 0.25) is 0 Å². The molecule has 0 N–H and O–H groups in total. The highest BCUT2D eigenvalue weighted by molar-refractivity contribution is 5.55. The van der Waals surface area contributed by atoms with Gasteiger partial charge >= 0.3 is 0 Å². The Bertz CT molecular complexity index is 801. The van der Waals surface area contributed by atoms with E-state index in [2.05, 4.69) is 39.8 Å². The van der Waals surface area contributed by atoms with Crippen molar-refractivity contribution in [2.45, 2.75) is 45.6 Å². The molecule has 0 saturated carbocycles. The van der Waals surface area contributed by atoms with Gasteiger partial charge in [0.15, 0.2) is 0 Å². The molecular weight excluding hydrogens is 362 g/mol. The largest absolute Gasteiger partial charge is 0.497 e. The van der Waals surface area contributed by atoms with Crippen molar-refractivity contribution in [3.05, 3.63) is 36.2 Å². The number of methoxy groups -OCH3 is 1. The van der Waals surface area contributed by atoms with Crippen LogP contribution in [-0.2, 0) is 0 Å². The molecule has 29 heavy (non-hydrogen) atoms. The van der Waals surface area contributed by atoms with Crippen LogP contribution in [0.25, 0.3) is 0 Å². The molecule has 0 aliphatic carbocycles.